The van der Waals surface area contributed by atoms with Crippen LogP contribution in [0.25, 0.3) is 0 Å². The third kappa shape index (κ3) is 4.66. The molecule has 124 valence electrons. The van der Waals surface area contributed by atoms with Crippen LogP contribution in [0.4, 0.5) is 10.5 Å². The predicted molar refractivity (Wildman–Crippen MR) is 75.1 cm³/mol. The number of hydrogen-bond acceptors (Lipinski definition) is 8. The minimum atomic E-state index is -1.33. The lowest BCUT2D eigenvalue weighted by atomic mass is 10.2. The lowest BCUT2D eigenvalue weighted by Crippen LogP contribution is -2.39. The molecule has 0 unspecified atom stereocenters. The molecule has 0 saturated carbocycles. The molecular weight excluding hydrogens is 312 g/mol. The number of nitrogens with zero attached hydrogens (tertiary/aromatic N) is 1. The number of benzene rings is 1. The first-order chi connectivity index (χ1) is 10.8. The molecule has 0 fully saturated rings. The third-order valence-corrected chi connectivity index (χ3v) is 2.68. The molecule has 10 heteroatoms. The van der Waals surface area contributed by atoms with Crippen molar-refractivity contribution in [1.82, 2.24) is 5.32 Å². The SMILES string of the molecule is COC(=O)NC(=O)[C@H](C)OC(=O)c1cc([N+](=O)[O-])ccc1OC. The number of esters is 1. The van der Waals surface area contributed by atoms with Crippen LogP contribution in [0.3, 0.4) is 0 Å². The number of imide groups is 1. The standard InChI is InChI=1S/C13H14N2O8/c1-7(11(16)14-13(18)22-3)23-12(17)9-6-8(15(19)20)4-5-10(9)21-2/h4-7H,1-3H3,(H,14,16,18)/t7-/m0/s1. The monoisotopic (exact) mass is 326 g/mol. The van der Waals surface area contributed by atoms with E-state index in [4.69, 9.17) is 9.47 Å². The first-order valence-corrected chi connectivity index (χ1v) is 6.22. The van der Waals surface area contributed by atoms with Crippen molar-refractivity contribution in [3.05, 3.63) is 33.9 Å². The van der Waals surface area contributed by atoms with Crippen molar-refractivity contribution in [3.63, 3.8) is 0 Å². The highest BCUT2D eigenvalue weighted by molar-refractivity contribution is 5.98. The Balaban J connectivity index is 2.92. The zero-order valence-corrected chi connectivity index (χ0v) is 12.5. The zero-order chi connectivity index (χ0) is 17.6. The van der Waals surface area contributed by atoms with Crippen LogP contribution in [-0.2, 0) is 14.3 Å². The molecule has 0 aliphatic rings. The van der Waals surface area contributed by atoms with E-state index in [2.05, 4.69) is 4.74 Å². The summed E-state index contributed by atoms with van der Waals surface area (Å²) in [6, 6.07) is 3.35. The van der Waals surface area contributed by atoms with E-state index in [0.29, 0.717) is 0 Å². The van der Waals surface area contributed by atoms with E-state index in [1.165, 1.54) is 20.1 Å². The van der Waals surface area contributed by atoms with E-state index in [-0.39, 0.29) is 17.0 Å². The van der Waals surface area contributed by atoms with E-state index < -0.39 is 29.0 Å². The van der Waals surface area contributed by atoms with Gasteiger partial charge < -0.3 is 14.2 Å². The summed E-state index contributed by atoms with van der Waals surface area (Å²) in [4.78, 5) is 44.6. The summed E-state index contributed by atoms with van der Waals surface area (Å²) < 4.78 is 14.0. The van der Waals surface area contributed by atoms with Gasteiger partial charge in [0.15, 0.2) is 6.10 Å². The first kappa shape index (κ1) is 17.9. The maximum Gasteiger partial charge on any atom is 0.413 e. The Morgan fingerprint density at radius 1 is 1.26 bits per heavy atom. The number of methoxy groups -OCH3 is 2. The smallest absolute Gasteiger partial charge is 0.413 e. The van der Waals surface area contributed by atoms with Crippen LogP contribution in [0.5, 0.6) is 5.75 Å². The summed E-state index contributed by atoms with van der Waals surface area (Å²) in [5, 5.41) is 12.6. The van der Waals surface area contributed by atoms with Gasteiger partial charge in [0.25, 0.3) is 11.6 Å². The fourth-order valence-corrected chi connectivity index (χ4v) is 1.50. The Morgan fingerprint density at radius 2 is 1.91 bits per heavy atom. The molecule has 0 heterocycles. The number of nitrogens with one attached hydrogen (secondary N) is 1. The molecule has 0 saturated heterocycles. The number of carbonyl (C=O) groups is 3. The van der Waals surface area contributed by atoms with Crippen molar-refractivity contribution in [2.75, 3.05) is 14.2 Å². The number of carbonyl (C=O) groups excluding carboxylic acids is 3. The summed E-state index contributed by atoms with van der Waals surface area (Å²) in [7, 11) is 2.33. The second-order valence-electron chi connectivity index (χ2n) is 4.17. The van der Waals surface area contributed by atoms with Crippen molar-refractivity contribution in [2.45, 2.75) is 13.0 Å². The minimum absolute atomic E-state index is 0.0428. The van der Waals surface area contributed by atoms with Gasteiger partial charge in [0.05, 0.1) is 19.1 Å². The second-order valence-corrected chi connectivity index (χ2v) is 4.17. The maximum atomic E-state index is 12.0. The molecule has 1 N–H and O–H groups in total. The molecule has 0 aliphatic heterocycles. The Bertz CT molecular complexity index is 643. The topological polar surface area (TPSA) is 134 Å². The lowest BCUT2D eigenvalue weighted by Gasteiger charge is -2.13. The van der Waals surface area contributed by atoms with E-state index in [0.717, 1.165) is 19.2 Å². The van der Waals surface area contributed by atoms with Crippen LogP contribution in [0.2, 0.25) is 0 Å². The molecule has 2 amide bonds. The van der Waals surface area contributed by atoms with E-state index in [1.54, 1.807) is 0 Å². The molecule has 0 spiro atoms. The molecule has 1 rings (SSSR count). The Morgan fingerprint density at radius 3 is 2.43 bits per heavy atom. The van der Waals surface area contributed by atoms with Crippen molar-refractivity contribution >= 4 is 23.7 Å². The summed E-state index contributed by atoms with van der Waals surface area (Å²) >= 11 is 0. The van der Waals surface area contributed by atoms with Gasteiger partial charge in [-0.2, -0.15) is 0 Å². The number of nitro benzene ring substituents is 1. The molecule has 1 aromatic carbocycles. The number of amides is 2. The number of nitro groups is 1. The van der Waals surface area contributed by atoms with Gasteiger partial charge in [0.1, 0.15) is 11.3 Å². The van der Waals surface area contributed by atoms with Crippen molar-refractivity contribution in [3.8, 4) is 5.75 Å². The van der Waals surface area contributed by atoms with Gasteiger partial charge in [-0.25, -0.2) is 9.59 Å². The highest BCUT2D eigenvalue weighted by Crippen LogP contribution is 2.25. The average Bonchev–Trinajstić information content (AvgIpc) is 2.53. The van der Waals surface area contributed by atoms with Crippen LogP contribution in [0.1, 0.15) is 17.3 Å². The predicted octanol–water partition coefficient (Wildman–Crippen LogP) is 1.03. The van der Waals surface area contributed by atoms with Gasteiger partial charge in [-0.3, -0.25) is 20.2 Å². The van der Waals surface area contributed by atoms with Gasteiger partial charge in [-0.05, 0) is 13.0 Å². The molecule has 0 bridgehead atoms. The van der Waals surface area contributed by atoms with Gasteiger partial charge in [0, 0.05) is 12.1 Å². The molecule has 0 radical (unpaired) electrons. The van der Waals surface area contributed by atoms with Crippen LogP contribution < -0.4 is 10.1 Å². The Kier molecular flexibility index (Phi) is 6.01. The zero-order valence-electron chi connectivity index (χ0n) is 12.5. The summed E-state index contributed by atoms with van der Waals surface area (Å²) in [6.07, 6.45) is -2.34. The lowest BCUT2D eigenvalue weighted by molar-refractivity contribution is -0.384. The second kappa shape index (κ2) is 7.73. The van der Waals surface area contributed by atoms with Crippen molar-refractivity contribution < 1.29 is 33.5 Å². The van der Waals surface area contributed by atoms with Crippen LogP contribution in [0, 0.1) is 10.1 Å². The number of alkyl carbamates (subject to hydrolysis) is 1. The normalized spacial score (nSPS) is 11.1. The molecule has 0 aromatic heterocycles. The maximum absolute atomic E-state index is 12.0. The number of non-ortho nitro benzene ring substituents is 1. The Hall–Kier alpha value is -3.17. The third-order valence-electron chi connectivity index (χ3n) is 2.68. The summed E-state index contributed by atoms with van der Waals surface area (Å²) in [6.45, 7) is 1.22. The molecular formula is C13H14N2O8. The van der Waals surface area contributed by atoms with Gasteiger partial charge >= 0.3 is 12.1 Å². The minimum Gasteiger partial charge on any atom is -0.496 e. The molecule has 23 heavy (non-hydrogen) atoms. The number of ether oxygens (including phenoxy) is 3. The van der Waals surface area contributed by atoms with E-state index >= 15 is 0 Å². The largest absolute Gasteiger partial charge is 0.496 e. The van der Waals surface area contributed by atoms with Crippen LogP contribution in [-0.4, -0.2) is 43.2 Å². The molecule has 1 aromatic rings. The highest BCUT2D eigenvalue weighted by atomic mass is 16.6. The van der Waals surface area contributed by atoms with Gasteiger partial charge in [-0.15, -0.1) is 0 Å². The number of rotatable bonds is 5. The van der Waals surface area contributed by atoms with Gasteiger partial charge in [0.2, 0.25) is 0 Å². The molecule has 1 atom stereocenters. The fraction of sp³-hybridized carbons (Fsp3) is 0.308. The molecule has 0 aliphatic carbocycles. The quantitative estimate of drug-likeness (QED) is 0.481. The average molecular weight is 326 g/mol. The van der Waals surface area contributed by atoms with Gasteiger partial charge in [-0.1, -0.05) is 0 Å². The van der Waals surface area contributed by atoms with E-state index in [9.17, 15) is 24.5 Å². The van der Waals surface area contributed by atoms with Crippen molar-refractivity contribution in [1.29, 1.82) is 0 Å². The number of hydrogen-bond donors (Lipinski definition) is 1. The van der Waals surface area contributed by atoms with Crippen molar-refractivity contribution in [2.24, 2.45) is 0 Å². The van der Waals surface area contributed by atoms with E-state index in [1.807, 2.05) is 5.32 Å². The Labute approximate surface area is 130 Å². The van der Waals surface area contributed by atoms with Crippen LogP contribution >= 0.6 is 0 Å². The molecule has 10 nitrogen and oxygen atoms in total. The summed E-state index contributed by atoms with van der Waals surface area (Å²) in [5.74, 6) is -1.88. The fourth-order valence-electron chi connectivity index (χ4n) is 1.50. The highest BCUT2D eigenvalue weighted by Gasteiger charge is 2.24. The first-order valence-electron chi connectivity index (χ1n) is 6.22. The van der Waals surface area contributed by atoms with Crippen LogP contribution in [0.15, 0.2) is 18.2 Å². The summed E-state index contributed by atoms with van der Waals surface area (Å²) in [5.41, 5.74) is -0.566.